The van der Waals surface area contributed by atoms with Crippen molar-refractivity contribution in [2.75, 3.05) is 11.9 Å². The van der Waals surface area contributed by atoms with Crippen LogP contribution in [0.1, 0.15) is 27.8 Å². The summed E-state index contributed by atoms with van der Waals surface area (Å²) in [6.07, 6.45) is 3.04. The van der Waals surface area contributed by atoms with E-state index in [2.05, 4.69) is 10.3 Å². The first-order chi connectivity index (χ1) is 9.61. The fourth-order valence-corrected chi connectivity index (χ4v) is 1.68. The number of nitrogens with zero attached hydrogens (tertiary/aromatic N) is 2. The SMILES string of the molecule is CCOC(=O)c1ccc(NC(=O)c2cncn2C)cc1. The maximum atomic E-state index is 12.0. The molecule has 1 aromatic heterocycles. The number of hydrogen-bond acceptors (Lipinski definition) is 4. The highest BCUT2D eigenvalue weighted by Gasteiger charge is 2.11. The number of nitrogens with one attached hydrogen (secondary N) is 1. The van der Waals surface area contributed by atoms with Crippen LogP contribution in [0.2, 0.25) is 0 Å². The Morgan fingerprint density at radius 1 is 1.30 bits per heavy atom. The average molecular weight is 273 g/mol. The van der Waals surface area contributed by atoms with Gasteiger partial charge in [-0.05, 0) is 31.2 Å². The minimum Gasteiger partial charge on any atom is -0.462 e. The lowest BCUT2D eigenvalue weighted by molar-refractivity contribution is 0.0526. The Bertz CT molecular complexity index is 617. The molecular formula is C14H15N3O3. The van der Waals surface area contributed by atoms with Crippen LogP contribution < -0.4 is 5.32 Å². The molecule has 104 valence electrons. The van der Waals surface area contributed by atoms with E-state index in [9.17, 15) is 9.59 Å². The number of esters is 1. The molecule has 0 saturated heterocycles. The van der Waals surface area contributed by atoms with Gasteiger partial charge in [-0.25, -0.2) is 9.78 Å². The molecule has 0 radical (unpaired) electrons. The van der Waals surface area contributed by atoms with Crippen molar-refractivity contribution in [3.8, 4) is 0 Å². The molecule has 0 aliphatic rings. The second-order valence-corrected chi connectivity index (χ2v) is 4.14. The van der Waals surface area contributed by atoms with Crippen LogP contribution in [0, 0.1) is 0 Å². The maximum Gasteiger partial charge on any atom is 0.338 e. The van der Waals surface area contributed by atoms with E-state index in [1.807, 2.05) is 0 Å². The Morgan fingerprint density at radius 3 is 2.55 bits per heavy atom. The first-order valence-electron chi connectivity index (χ1n) is 6.16. The van der Waals surface area contributed by atoms with E-state index in [0.717, 1.165) is 0 Å². The number of ether oxygens (including phenoxy) is 1. The van der Waals surface area contributed by atoms with Gasteiger partial charge in [0.25, 0.3) is 5.91 Å². The van der Waals surface area contributed by atoms with E-state index < -0.39 is 0 Å². The van der Waals surface area contributed by atoms with Gasteiger partial charge in [-0.1, -0.05) is 0 Å². The Kier molecular flexibility index (Phi) is 4.14. The highest BCUT2D eigenvalue weighted by atomic mass is 16.5. The third-order valence-electron chi connectivity index (χ3n) is 2.70. The first-order valence-corrected chi connectivity index (χ1v) is 6.16. The highest BCUT2D eigenvalue weighted by molar-refractivity contribution is 6.03. The van der Waals surface area contributed by atoms with Gasteiger partial charge in [0.15, 0.2) is 0 Å². The third kappa shape index (κ3) is 3.03. The van der Waals surface area contributed by atoms with Gasteiger partial charge in [-0.15, -0.1) is 0 Å². The molecule has 0 fully saturated rings. The summed E-state index contributed by atoms with van der Waals surface area (Å²) in [5, 5.41) is 2.73. The van der Waals surface area contributed by atoms with Gasteiger partial charge in [-0.2, -0.15) is 0 Å². The molecule has 0 aliphatic heterocycles. The van der Waals surface area contributed by atoms with Crippen LogP contribution in [-0.2, 0) is 11.8 Å². The second-order valence-electron chi connectivity index (χ2n) is 4.14. The zero-order valence-corrected chi connectivity index (χ0v) is 11.3. The van der Waals surface area contributed by atoms with E-state index in [-0.39, 0.29) is 11.9 Å². The number of anilines is 1. The smallest absolute Gasteiger partial charge is 0.338 e. The molecule has 1 heterocycles. The summed E-state index contributed by atoms with van der Waals surface area (Å²) in [6.45, 7) is 2.08. The van der Waals surface area contributed by atoms with Crippen molar-refractivity contribution in [1.29, 1.82) is 0 Å². The van der Waals surface area contributed by atoms with Gasteiger partial charge in [-0.3, -0.25) is 4.79 Å². The fourth-order valence-electron chi connectivity index (χ4n) is 1.68. The molecule has 1 aromatic carbocycles. The largest absolute Gasteiger partial charge is 0.462 e. The fraction of sp³-hybridized carbons (Fsp3) is 0.214. The van der Waals surface area contributed by atoms with Crippen LogP contribution in [-0.4, -0.2) is 28.0 Å². The second kappa shape index (κ2) is 6.01. The van der Waals surface area contributed by atoms with Crippen molar-refractivity contribution in [2.24, 2.45) is 7.05 Å². The van der Waals surface area contributed by atoms with E-state index in [0.29, 0.717) is 23.6 Å². The van der Waals surface area contributed by atoms with Gasteiger partial charge >= 0.3 is 5.97 Å². The Labute approximate surface area is 116 Å². The Morgan fingerprint density at radius 2 is 2.00 bits per heavy atom. The van der Waals surface area contributed by atoms with Crippen LogP contribution in [0.4, 0.5) is 5.69 Å². The van der Waals surface area contributed by atoms with E-state index >= 15 is 0 Å². The lowest BCUT2D eigenvalue weighted by Crippen LogP contribution is -2.15. The Balaban J connectivity index is 2.06. The number of carbonyl (C=O) groups is 2. The number of amides is 1. The molecule has 2 aromatic rings. The molecule has 1 amide bonds. The van der Waals surface area contributed by atoms with Gasteiger partial charge < -0.3 is 14.6 Å². The summed E-state index contributed by atoms with van der Waals surface area (Å²) < 4.78 is 6.51. The molecule has 6 nitrogen and oxygen atoms in total. The first kappa shape index (κ1) is 13.8. The molecule has 0 bridgehead atoms. The van der Waals surface area contributed by atoms with E-state index in [1.165, 1.54) is 6.20 Å². The number of aryl methyl sites for hydroxylation is 1. The van der Waals surface area contributed by atoms with Gasteiger partial charge in [0, 0.05) is 12.7 Å². The number of hydrogen-bond donors (Lipinski definition) is 1. The van der Waals surface area contributed by atoms with Crippen LogP contribution in [0.3, 0.4) is 0 Å². The quantitative estimate of drug-likeness (QED) is 0.863. The van der Waals surface area contributed by atoms with Crippen molar-refractivity contribution in [3.05, 3.63) is 48.0 Å². The minimum absolute atomic E-state index is 0.256. The van der Waals surface area contributed by atoms with E-state index in [4.69, 9.17) is 4.74 Å². The van der Waals surface area contributed by atoms with Crippen molar-refractivity contribution in [3.63, 3.8) is 0 Å². The van der Waals surface area contributed by atoms with Crippen LogP contribution >= 0.6 is 0 Å². The summed E-state index contributed by atoms with van der Waals surface area (Å²) in [7, 11) is 1.74. The van der Waals surface area contributed by atoms with Crippen molar-refractivity contribution in [1.82, 2.24) is 9.55 Å². The molecule has 2 rings (SSSR count). The molecule has 20 heavy (non-hydrogen) atoms. The summed E-state index contributed by atoms with van der Waals surface area (Å²) in [6, 6.07) is 6.52. The molecular weight excluding hydrogens is 258 g/mol. The maximum absolute atomic E-state index is 12.0. The lowest BCUT2D eigenvalue weighted by atomic mass is 10.2. The number of aromatic nitrogens is 2. The highest BCUT2D eigenvalue weighted by Crippen LogP contribution is 2.12. The number of carbonyl (C=O) groups excluding carboxylic acids is 2. The topological polar surface area (TPSA) is 73.2 Å². The predicted molar refractivity (Wildman–Crippen MR) is 73.6 cm³/mol. The average Bonchev–Trinajstić information content (AvgIpc) is 2.86. The predicted octanol–water partition coefficient (Wildman–Crippen LogP) is 1.85. The summed E-state index contributed by atoms with van der Waals surface area (Å²) in [4.78, 5) is 27.3. The van der Waals surface area contributed by atoms with Gasteiger partial charge in [0.05, 0.1) is 24.7 Å². The number of rotatable bonds is 4. The Hall–Kier alpha value is -2.63. The van der Waals surface area contributed by atoms with Gasteiger partial charge in [0.1, 0.15) is 5.69 Å². The molecule has 1 N–H and O–H groups in total. The minimum atomic E-state index is -0.378. The number of benzene rings is 1. The lowest BCUT2D eigenvalue weighted by Gasteiger charge is -2.06. The zero-order chi connectivity index (χ0) is 14.5. The summed E-state index contributed by atoms with van der Waals surface area (Å²) in [5.74, 6) is -0.633. The third-order valence-corrected chi connectivity index (χ3v) is 2.70. The summed E-state index contributed by atoms with van der Waals surface area (Å²) >= 11 is 0. The van der Waals surface area contributed by atoms with Crippen LogP contribution in [0.5, 0.6) is 0 Å². The monoisotopic (exact) mass is 273 g/mol. The van der Waals surface area contributed by atoms with Crippen LogP contribution in [0.25, 0.3) is 0 Å². The molecule has 6 heteroatoms. The van der Waals surface area contributed by atoms with E-state index in [1.54, 1.807) is 49.1 Å². The summed E-state index contributed by atoms with van der Waals surface area (Å²) in [5.41, 5.74) is 1.51. The van der Waals surface area contributed by atoms with Crippen molar-refractivity contribution >= 4 is 17.6 Å². The van der Waals surface area contributed by atoms with Crippen LogP contribution in [0.15, 0.2) is 36.8 Å². The molecule has 0 atom stereocenters. The molecule has 0 aliphatic carbocycles. The molecule has 0 saturated carbocycles. The zero-order valence-electron chi connectivity index (χ0n) is 11.3. The number of imidazole rings is 1. The van der Waals surface area contributed by atoms with Gasteiger partial charge in [0.2, 0.25) is 0 Å². The molecule has 0 unspecified atom stereocenters. The standard InChI is InChI=1S/C14H15N3O3/c1-3-20-14(19)10-4-6-11(7-5-10)16-13(18)12-8-15-9-17(12)2/h4-9H,3H2,1-2H3,(H,16,18). The van der Waals surface area contributed by atoms with Crippen molar-refractivity contribution < 1.29 is 14.3 Å². The van der Waals surface area contributed by atoms with Crippen molar-refractivity contribution in [2.45, 2.75) is 6.92 Å². The normalized spacial score (nSPS) is 10.1. The molecule has 0 spiro atoms.